The SMILES string of the molecule is CCC(C)N1CCCC[C@@H]1C(=O)O.CCOC(=O)/C(C)=C/[C@H](C(C)C)N(C)C(=O)C(N)C(C)(C)C.CCOC(=O)/C(C)=C/[C@H](C(C)C)N(C)C(=O)C(NC(=O)[C@H]1CCCCN1C(C)CC)C(C)(C)C.Cl. The molecule has 0 radical (unpaired) electrons. The zero-order valence-corrected chi connectivity index (χ0v) is 48.2. The van der Waals surface area contributed by atoms with Gasteiger partial charge in [0.1, 0.15) is 12.1 Å². The second-order valence-electron chi connectivity index (χ2n) is 22.0. The van der Waals surface area contributed by atoms with Crippen LogP contribution in [0.25, 0.3) is 0 Å². The van der Waals surface area contributed by atoms with Crippen LogP contribution in [0.15, 0.2) is 23.3 Å². The summed E-state index contributed by atoms with van der Waals surface area (Å²) in [5.41, 5.74) is 6.26. The number of carbonyl (C=O) groups is 6. The summed E-state index contributed by atoms with van der Waals surface area (Å²) in [7, 11) is 3.48. The quantitative estimate of drug-likeness (QED) is 0.0826. The molecule has 2 aliphatic rings. The minimum absolute atomic E-state index is 0. The molecule has 0 bridgehead atoms. The molecular weight excluding hydrogens is 912 g/mol. The topological polar surface area (TPSA) is 192 Å². The first-order valence-corrected chi connectivity index (χ1v) is 25.9. The Labute approximate surface area is 431 Å². The molecule has 70 heavy (non-hydrogen) atoms. The van der Waals surface area contributed by atoms with E-state index in [1.54, 1.807) is 63.7 Å². The lowest BCUT2D eigenvalue weighted by Gasteiger charge is -2.41. The second kappa shape index (κ2) is 32.5. The highest BCUT2D eigenvalue weighted by Gasteiger charge is 2.40. The number of carboxylic acid groups (broad SMARTS) is 1. The molecule has 3 amide bonds. The number of halogens is 1. The monoisotopic (exact) mass is 1010 g/mol. The molecule has 0 aliphatic carbocycles. The molecule has 0 aromatic rings. The van der Waals surface area contributed by atoms with Gasteiger partial charge < -0.3 is 35.4 Å². The molecule has 408 valence electrons. The van der Waals surface area contributed by atoms with Crippen molar-refractivity contribution in [1.82, 2.24) is 24.9 Å². The van der Waals surface area contributed by atoms with Gasteiger partial charge in [-0.15, -0.1) is 12.4 Å². The normalized spacial score (nSPS) is 19.8. The lowest BCUT2D eigenvalue weighted by molar-refractivity contribution is -0.146. The molecule has 2 aliphatic heterocycles. The van der Waals surface area contributed by atoms with Crippen molar-refractivity contribution in [1.29, 1.82) is 0 Å². The van der Waals surface area contributed by atoms with Crippen molar-refractivity contribution in [2.24, 2.45) is 28.4 Å². The summed E-state index contributed by atoms with van der Waals surface area (Å²) < 4.78 is 10.1. The molecule has 16 heteroatoms. The number of hydrogen-bond acceptors (Lipinski definition) is 11. The number of carbonyl (C=O) groups excluding carboxylic acids is 5. The maximum Gasteiger partial charge on any atom is 0.333 e. The number of ether oxygens (including phenoxy) is 2. The Morgan fingerprint density at radius 3 is 1.36 bits per heavy atom. The molecule has 0 aromatic heterocycles. The summed E-state index contributed by atoms with van der Waals surface area (Å²) >= 11 is 0. The summed E-state index contributed by atoms with van der Waals surface area (Å²) in [5, 5.41) is 12.1. The zero-order valence-electron chi connectivity index (χ0n) is 47.4. The van der Waals surface area contributed by atoms with Crippen molar-refractivity contribution in [3.63, 3.8) is 0 Å². The fraction of sp³-hybridized carbons (Fsp3) is 0.815. The van der Waals surface area contributed by atoms with E-state index in [0.717, 1.165) is 64.5 Å². The van der Waals surface area contributed by atoms with Gasteiger partial charge in [-0.25, -0.2) is 9.59 Å². The van der Waals surface area contributed by atoms with E-state index in [9.17, 15) is 28.8 Å². The number of nitrogens with one attached hydrogen (secondary N) is 1. The molecule has 2 fully saturated rings. The van der Waals surface area contributed by atoms with E-state index >= 15 is 0 Å². The number of hydrogen-bond donors (Lipinski definition) is 3. The highest BCUT2D eigenvalue weighted by atomic mass is 35.5. The Bertz CT molecular complexity index is 1690. The lowest BCUT2D eigenvalue weighted by Crippen LogP contribution is -2.60. The average molecular weight is 1010 g/mol. The molecule has 15 nitrogen and oxygen atoms in total. The molecule has 4 N–H and O–H groups in total. The van der Waals surface area contributed by atoms with Gasteiger partial charge in [-0.05, 0) is 116 Å². The standard InChI is InChI=1S/C27H49N3O4.C17H32N2O3.C10H19NO2.ClH/c1-11-20(6)30-16-14-13-15-21(30)24(31)28-23(27(7,8)9)25(32)29(10)22(18(3)4)17-19(5)26(33)34-12-2;1-9-22-16(21)12(4)10-13(11(2)3)19(8)15(20)14(18)17(5,6)7;1-3-8(2)11-7-5-4-6-9(11)10(12)13;/h17-18,20-23H,11-16H2,1-10H3,(H,28,31);10-11,13-14H,9,18H2,1-8H3;8-9H,3-7H2,1-2H3,(H,12,13);1H/b19-17+;12-10+;;/t20?,21-,22-,23?;13-,14?;8?,9-;/m111./s1. The van der Waals surface area contributed by atoms with Crippen LogP contribution in [0.5, 0.6) is 0 Å². The van der Waals surface area contributed by atoms with Gasteiger partial charge in [0.2, 0.25) is 17.7 Å². The number of likely N-dealkylation sites (tertiary alicyclic amines) is 2. The number of aliphatic carboxylic acids is 1. The van der Waals surface area contributed by atoms with Crippen LogP contribution in [0.3, 0.4) is 0 Å². The van der Waals surface area contributed by atoms with Crippen LogP contribution >= 0.6 is 12.4 Å². The third-order valence-corrected chi connectivity index (χ3v) is 13.6. The highest BCUT2D eigenvalue weighted by molar-refractivity contribution is 5.91. The summed E-state index contributed by atoms with van der Waals surface area (Å²) in [4.78, 5) is 82.4. The van der Waals surface area contributed by atoms with Crippen LogP contribution in [-0.2, 0) is 38.2 Å². The van der Waals surface area contributed by atoms with Gasteiger partial charge >= 0.3 is 17.9 Å². The largest absolute Gasteiger partial charge is 0.480 e. The summed E-state index contributed by atoms with van der Waals surface area (Å²) in [6.07, 6.45) is 11.6. The highest BCUT2D eigenvalue weighted by Crippen LogP contribution is 2.27. The lowest BCUT2D eigenvalue weighted by atomic mass is 9.84. The third kappa shape index (κ3) is 22.1. The molecule has 2 saturated heterocycles. The predicted octanol–water partition coefficient (Wildman–Crippen LogP) is 8.66. The number of piperidine rings is 2. The van der Waals surface area contributed by atoms with Gasteiger partial charge in [-0.1, -0.05) is 108 Å². The number of carboxylic acids is 1. The second-order valence-corrected chi connectivity index (χ2v) is 22.0. The molecular formula is C54H101ClN6O9. The van der Waals surface area contributed by atoms with Crippen molar-refractivity contribution in [2.45, 2.75) is 224 Å². The fourth-order valence-electron chi connectivity index (χ4n) is 8.59. The Hall–Kier alpha value is -3.53. The van der Waals surface area contributed by atoms with Crippen LogP contribution < -0.4 is 11.1 Å². The number of rotatable bonds is 19. The van der Waals surface area contributed by atoms with Gasteiger partial charge in [-0.3, -0.25) is 29.0 Å². The van der Waals surface area contributed by atoms with E-state index in [1.165, 1.54) is 0 Å². The van der Waals surface area contributed by atoms with Gasteiger partial charge in [0.15, 0.2) is 0 Å². The molecule has 2 heterocycles. The Balaban J connectivity index is 0. The minimum Gasteiger partial charge on any atom is -0.480 e. The van der Waals surface area contributed by atoms with Gasteiger partial charge in [0.25, 0.3) is 0 Å². The molecule has 8 atom stereocenters. The van der Waals surface area contributed by atoms with Crippen LogP contribution in [0.4, 0.5) is 0 Å². The zero-order chi connectivity index (χ0) is 53.7. The number of nitrogens with two attached hydrogens (primary N) is 1. The van der Waals surface area contributed by atoms with Crippen molar-refractivity contribution >= 4 is 48.0 Å². The average Bonchev–Trinajstić information content (AvgIpc) is 3.29. The van der Waals surface area contributed by atoms with Crippen LogP contribution in [0.1, 0.15) is 176 Å². The van der Waals surface area contributed by atoms with E-state index in [0.29, 0.717) is 36.4 Å². The van der Waals surface area contributed by atoms with Crippen LogP contribution in [-0.4, -0.2) is 149 Å². The third-order valence-electron chi connectivity index (χ3n) is 13.6. The molecule has 2 rings (SSSR count). The molecule has 4 unspecified atom stereocenters. The summed E-state index contributed by atoms with van der Waals surface area (Å²) in [6, 6.07) is -1.49. The van der Waals surface area contributed by atoms with E-state index in [4.69, 9.17) is 20.3 Å². The number of amides is 3. The summed E-state index contributed by atoms with van der Waals surface area (Å²) in [5.74, 6) is -1.50. The first-order valence-electron chi connectivity index (χ1n) is 25.9. The van der Waals surface area contributed by atoms with E-state index in [2.05, 4.69) is 42.8 Å². The van der Waals surface area contributed by atoms with Gasteiger partial charge in [-0.2, -0.15) is 0 Å². The summed E-state index contributed by atoms with van der Waals surface area (Å²) in [6.45, 7) is 37.7. The van der Waals surface area contributed by atoms with Crippen molar-refractivity contribution in [2.75, 3.05) is 40.4 Å². The number of likely N-dealkylation sites (N-methyl/N-ethyl adjacent to an activating group) is 2. The smallest absolute Gasteiger partial charge is 0.333 e. The van der Waals surface area contributed by atoms with Crippen LogP contribution in [0.2, 0.25) is 0 Å². The Morgan fingerprint density at radius 1 is 0.657 bits per heavy atom. The first-order chi connectivity index (χ1) is 31.8. The first kappa shape index (κ1) is 68.5. The van der Waals surface area contributed by atoms with Crippen molar-refractivity contribution in [3.8, 4) is 0 Å². The maximum atomic E-state index is 13.8. The Kier molecular flexibility index (Phi) is 31.8. The van der Waals surface area contributed by atoms with E-state index in [1.807, 2.05) is 69.2 Å². The minimum atomic E-state index is -0.678. The molecule has 0 saturated carbocycles. The van der Waals surface area contributed by atoms with Gasteiger partial charge in [0, 0.05) is 37.3 Å². The van der Waals surface area contributed by atoms with E-state index < -0.39 is 23.5 Å². The molecule has 0 spiro atoms. The predicted molar refractivity (Wildman–Crippen MR) is 285 cm³/mol. The van der Waals surface area contributed by atoms with Crippen LogP contribution in [0, 0.1) is 22.7 Å². The van der Waals surface area contributed by atoms with Gasteiger partial charge in [0.05, 0.1) is 37.4 Å². The fourth-order valence-corrected chi connectivity index (χ4v) is 8.59. The Morgan fingerprint density at radius 2 is 1.03 bits per heavy atom. The van der Waals surface area contributed by atoms with Crippen molar-refractivity contribution < 1.29 is 43.3 Å². The molecule has 0 aromatic carbocycles. The number of esters is 2. The maximum absolute atomic E-state index is 13.8. The van der Waals surface area contributed by atoms with E-state index in [-0.39, 0.29) is 83.5 Å². The number of nitrogens with zero attached hydrogens (tertiary/aromatic N) is 4. The van der Waals surface area contributed by atoms with Crippen molar-refractivity contribution in [3.05, 3.63) is 23.3 Å².